The quantitative estimate of drug-likeness (QED) is 0.527. The normalized spacial score (nSPS) is 8.42. The van der Waals surface area contributed by atoms with Crippen LogP contribution in [0.25, 0.3) is 0 Å². The fourth-order valence-electron chi connectivity index (χ4n) is 0.591. The highest BCUT2D eigenvalue weighted by molar-refractivity contribution is 5.92. The molecule has 1 amide bonds. The fraction of sp³-hybridized carbons (Fsp3) is 0.125. The van der Waals surface area contributed by atoms with E-state index in [4.69, 9.17) is 5.73 Å². The molecule has 0 fully saturated rings. The zero-order valence-electron chi connectivity index (χ0n) is 6.53. The van der Waals surface area contributed by atoms with E-state index in [1.807, 2.05) is 0 Å². The van der Waals surface area contributed by atoms with Crippen molar-refractivity contribution in [2.45, 2.75) is 6.92 Å². The summed E-state index contributed by atoms with van der Waals surface area (Å²) in [6.45, 7) is 1.77. The molecule has 0 saturated heterocycles. The van der Waals surface area contributed by atoms with E-state index in [-0.39, 0.29) is 0 Å². The summed E-state index contributed by atoms with van der Waals surface area (Å²) in [6, 6.07) is 0. The van der Waals surface area contributed by atoms with Gasteiger partial charge in [-0.15, -0.1) is 0 Å². The number of aromatic nitrogens is 2. The second kappa shape index (κ2) is 3.49. The third-order valence-electron chi connectivity index (χ3n) is 1.11. The van der Waals surface area contributed by atoms with E-state index >= 15 is 0 Å². The molecule has 2 N–H and O–H groups in total. The highest BCUT2D eigenvalue weighted by Crippen LogP contribution is 1.91. The molecule has 60 valence electrons. The first-order valence-corrected chi connectivity index (χ1v) is 3.28. The predicted molar refractivity (Wildman–Crippen MR) is 42.8 cm³/mol. The molecule has 4 nitrogen and oxygen atoms in total. The summed E-state index contributed by atoms with van der Waals surface area (Å²) >= 11 is 0. The number of hydrogen-bond donors (Lipinski definition) is 1. The van der Waals surface area contributed by atoms with Crippen LogP contribution < -0.4 is 5.73 Å². The number of carbonyl (C=O) groups is 1. The van der Waals surface area contributed by atoms with E-state index in [1.54, 1.807) is 6.92 Å². The molecule has 0 aliphatic heterocycles. The fourth-order valence-corrected chi connectivity index (χ4v) is 0.591. The van der Waals surface area contributed by atoms with E-state index in [9.17, 15) is 4.79 Å². The number of amides is 1. The van der Waals surface area contributed by atoms with Gasteiger partial charge in [-0.25, -0.2) is 9.97 Å². The molecule has 0 bridgehead atoms. The largest absolute Gasteiger partial charge is 0.359 e. The summed E-state index contributed by atoms with van der Waals surface area (Å²) in [5, 5.41) is 0. The molecule has 0 radical (unpaired) electrons. The van der Waals surface area contributed by atoms with Crippen molar-refractivity contribution in [3.05, 3.63) is 23.8 Å². The van der Waals surface area contributed by atoms with Gasteiger partial charge in [-0.1, -0.05) is 5.92 Å². The lowest BCUT2D eigenvalue weighted by Gasteiger charge is -1.88. The second-order valence-electron chi connectivity index (χ2n) is 2.13. The van der Waals surface area contributed by atoms with E-state index in [0.717, 1.165) is 0 Å². The minimum atomic E-state index is -0.657. The molecule has 0 saturated carbocycles. The van der Waals surface area contributed by atoms with Crippen LogP contribution in [-0.4, -0.2) is 15.9 Å². The summed E-state index contributed by atoms with van der Waals surface area (Å²) in [5.74, 6) is 4.72. The van der Waals surface area contributed by atoms with Crippen LogP contribution in [0.15, 0.2) is 12.4 Å². The van der Waals surface area contributed by atoms with Crippen LogP contribution in [-0.2, 0) is 4.79 Å². The maximum Gasteiger partial charge on any atom is 0.293 e. The van der Waals surface area contributed by atoms with Crippen molar-refractivity contribution in [2.24, 2.45) is 5.73 Å². The molecule has 1 heterocycles. The van der Waals surface area contributed by atoms with Gasteiger partial charge in [-0.05, 0) is 6.92 Å². The number of carbonyl (C=O) groups excluding carboxylic acids is 1. The van der Waals surface area contributed by atoms with Gasteiger partial charge in [0.15, 0.2) is 0 Å². The van der Waals surface area contributed by atoms with E-state index < -0.39 is 5.91 Å². The van der Waals surface area contributed by atoms with Gasteiger partial charge in [0, 0.05) is 18.3 Å². The van der Waals surface area contributed by atoms with Gasteiger partial charge in [0.25, 0.3) is 5.91 Å². The summed E-state index contributed by atoms with van der Waals surface area (Å²) in [5.41, 5.74) is 5.40. The van der Waals surface area contributed by atoms with Crippen LogP contribution in [0.4, 0.5) is 0 Å². The molecule has 0 aliphatic rings. The van der Waals surface area contributed by atoms with Gasteiger partial charge >= 0.3 is 0 Å². The lowest BCUT2D eigenvalue weighted by Crippen LogP contribution is -2.06. The number of primary amides is 1. The Morgan fingerprint density at radius 1 is 1.50 bits per heavy atom. The molecular weight excluding hydrogens is 154 g/mol. The molecule has 0 spiro atoms. The minimum Gasteiger partial charge on any atom is -0.359 e. The van der Waals surface area contributed by atoms with Gasteiger partial charge in [0.05, 0.1) is 5.56 Å². The van der Waals surface area contributed by atoms with Crippen molar-refractivity contribution in [2.75, 3.05) is 0 Å². The summed E-state index contributed by atoms with van der Waals surface area (Å²) in [7, 11) is 0. The zero-order valence-corrected chi connectivity index (χ0v) is 6.53. The summed E-state index contributed by atoms with van der Waals surface area (Å²) in [4.78, 5) is 18.0. The molecular formula is C8H7N3O. The van der Waals surface area contributed by atoms with Crippen molar-refractivity contribution in [3.63, 3.8) is 0 Å². The second-order valence-corrected chi connectivity index (χ2v) is 2.13. The van der Waals surface area contributed by atoms with Gasteiger partial charge < -0.3 is 5.73 Å². The third kappa shape index (κ3) is 2.39. The molecule has 1 aromatic heterocycles. The van der Waals surface area contributed by atoms with Crippen molar-refractivity contribution in [1.82, 2.24) is 9.97 Å². The minimum absolute atomic E-state index is 0.583. The Kier molecular flexibility index (Phi) is 2.38. The molecule has 0 unspecified atom stereocenters. The number of nitrogens with zero attached hydrogens (tertiary/aromatic N) is 2. The lowest BCUT2D eigenvalue weighted by atomic mass is 10.3. The van der Waals surface area contributed by atoms with E-state index in [2.05, 4.69) is 21.8 Å². The lowest BCUT2D eigenvalue weighted by molar-refractivity contribution is -0.112. The summed E-state index contributed by atoms with van der Waals surface area (Å²) in [6.07, 6.45) is 3.08. The van der Waals surface area contributed by atoms with Crippen molar-refractivity contribution >= 4 is 5.91 Å². The Labute approximate surface area is 69.8 Å². The molecule has 12 heavy (non-hydrogen) atoms. The Morgan fingerprint density at radius 3 is 2.58 bits per heavy atom. The number of nitrogens with two attached hydrogens (primary N) is 1. The maximum absolute atomic E-state index is 10.2. The van der Waals surface area contributed by atoms with Gasteiger partial charge in [0.2, 0.25) is 0 Å². The average Bonchev–Trinajstić information content (AvgIpc) is 2.03. The third-order valence-corrected chi connectivity index (χ3v) is 1.11. The molecule has 0 atom stereocenters. The van der Waals surface area contributed by atoms with Crippen LogP contribution in [0.5, 0.6) is 0 Å². The highest BCUT2D eigenvalue weighted by atomic mass is 16.1. The zero-order chi connectivity index (χ0) is 8.97. The molecule has 0 aliphatic carbocycles. The van der Waals surface area contributed by atoms with Crippen molar-refractivity contribution in [3.8, 4) is 11.8 Å². The first-order chi connectivity index (χ1) is 5.68. The number of aryl methyl sites for hydroxylation is 1. The monoisotopic (exact) mass is 161 g/mol. The van der Waals surface area contributed by atoms with Gasteiger partial charge in [-0.3, -0.25) is 4.79 Å². The molecule has 1 aromatic rings. The Morgan fingerprint density at radius 2 is 2.08 bits per heavy atom. The van der Waals surface area contributed by atoms with Gasteiger partial charge in [0.1, 0.15) is 5.82 Å². The van der Waals surface area contributed by atoms with Gasteiger partial charge in [-0.2, -0.15) is 0 Å². The van der Waals surface area contributed by atoms with E-state index in [1.165, 1.54) is 12.4 Å². The smallest absolute Gasteiger partial charge is 0.293 e. The average molecular weight is 161 g/mol. The Hall–Kier alpha value is -1.89. The SMILES string of the molecule is Cc1ncc(C#CC(N)=O)cn1. The maximum atomic E-state index is 10.2. The Balaban J connectivity index is 2.86. The van der Waals surface area contributed by atoms with Crippen LogP contribution >= 0.6 is 0 Å². The van der Waals surface area contributed by atoms with Crippen LogP contribution in [0.3, 0.4) is 0 Å². The topological polar surface area (TPSA) is 68.9 Å². The van der Waals surface area contributed by atoms with Crippen LogP contribution in [0.2, 0.25) is 0 Å². The first-order valence-electron chi connectivity index (χ1n) is 3.28. The Bertz CT molecular complexity index is 345. The summed E-state index contributed by atoms with van der Waals surface area (Å²) < 4.78 is 0. The standard InChI is InChI=1S/C8H7N3O/c1-6-10-4-7(5-11-6)2-3-8(9)12/h4-5H,1H3,(H2,9,12). The molecule has 1 rings (SSSR count). The number of rotatable bonds is 0. The van der Waals surface area contributed by atoms with Crippen molar-refractivity contribution < 1.29 is 4.79 Å². The van der Waals surface area contributed by atoms with E-state index in [0.29, 0.717) is 11.4 Å². The van der Waals surface area contributed by atoms with Crippen molar-refractivity contribution in [1.29, 1.82) is 0 Å². The van der Waals surface area contributed by atoms with Crippen LogP contribution in [0, 0.1) is 18.8 Å². The first kappa shape index (κ1) is 8.21. The molecule has 4 heteroatoms. The number of hydrogen-bond acceptors (Lipinski definition) is 3. The van der Waals surface area contributed by atoms with Crippen LogP contribution in [0.1, 0.15) is 11.4 Å². The highest BCUT2D eigenvalue weighted by Gasteiger charge is 1.88. The molecule has 0 aromatic carbocycles. The predicted octanol–water partition coefficient (Wildman–Crippen LogP) is -0.378.